The number of furan rings is 1. The lowest BCUT2D eigenvalue weighted by Gasteiger charge is -2.06. The van der Waals surface area contributed by atoms with E-state index in [9.17, 15) is 0 Å². The predicted molar refractivity (Wildman–Crippen MR) is 84.2 cm³/mol. The summed E-state index contributed by atoms with van der Waals surface area (Å²) in [6.07, 6.45) is -0.534. The second-order valence-corrected chi connectivity index (χ2v) is 5.37. The summed E-state index contributed by atoms with van der Waals surface area (Å²) >= 11 is 0. The van der Waals surface area contributed by atoms with Gasteiger partial charge in [-0.05, 0) is 23.6 Å². The van der Waals surface area contributed by atoms with Crippen LogP contribution >= 0.6 is 0 Å². The Morgan fingerprint density at radius 2 is 1.55 bits per heavy atom. The van der Waals surface area contributed by atoms with Gasteiger partial charge in [0.05, 0.1) is 0 Å². The van der Waals surface area contributed by atoms with Gasteiger partial charge in [-0.15, -0.1) is 0 Å². The maximum absolute atomic E-state index is 6.02. The summed E-state index contributed by atoms with van der Waals surface area (Å²) in [5.41, 5.74) is 0.838. The van der Waals surface area contributed by atoms with Gasteiger partial charge in [0.1, 0.15) is 5.58 Å². The first-order valence-corrected chi connectivity index (χ1v) is 7.22. The van der Waals surface area contributed by atoms with E-state index in [2.05, 4.69) is 6.07 Å². The van der Waals surface area contributed by atoms with Crippen LogP contribution in [-0.4, -0.2) is 0 Å². The van der Waals surface area contributed by atoms with Crippen molar-refractivity contribution in [3.63, 3.8) is 0 Å². The van der Waals surface area contributed by atoms with Crippen LogP contribution < -0.4 is 9.47 Å². The van der Waals surface area contributed by atoms with E-state index in [1.165, 1.54) is 0 Å². The Labute approximate surface area is 126 Å². The third kappa shape index (κ3) is 1.62. The number of benzene rings is 3. The van der Waals surface area contributed by atoms with Crippen molar-refractivity contribution < 1.29 is 13.9 Å². The van der Waals surface area contributed by atoms with Gasteiger partial charge in [0, 0.05) is 10.8 Å². The Hall–Kier alpha value is -2.94. The SMILES string of the molecule is c1ccc2oc(C3Oc4ccc5ccccc5c4O3)cc2c1. The molecule has 0 saturated carbocycles. The molecule has 0 fully saturated rings. The van der Waals surface area contributed by atoms with Crippen molar-refractivity contribution in [3.05, 3.63) is 72.5 Å². The summed E-state index contributed by atoms with van der Waals surface area (Å²) in [5.74, 6) is 2.22. The number of para-hydroxylation sites is 1. The lowest BCUT2D eigenvalue weighted by Crippen LogP contribution is -2.06. The minimum Gasteiger partial charge on any atom is -0.453 e. The summed E-state index contributed by atoms with van der Waals surface area (Å²) in [6.45, 7) is 0. The summed E-state index contributed by atoms with van der Waals surface area (Å²) < 4.78 is 17.8. The van der Waals surface area contributed by atoms with Gasteiger partial charge in [0.25, 0.3) is 0 Å². The number of rotatable bonds is 1. The standard InChI is InChI=1S/C19H12O3/c1-3-7-14-12(5-1)9-10-16-18(14)22-19(21-16)17-11-13-6-2-4-8-15(13)20-17/h1-11,19H. The zero-order chi connectivity index (χ0) is 14.5. The van der Waals surface area contributed by atoms with Crippen molar-refractivity contribution in [1.29, 1.82) is 0 Å². The molecule has 0 spiro atoms. The second kappa shape index (κ2) is 4.28. The van der Waals surface area contributed by atoms with E-state index >= 15 is 0 Å². The van der Waals surface area contributed by atoms with Crippen molar-refractivity contribution in [2.45, 2.75) is 6.29 Å². The molecule has 0 saturated heterocycles. The van der Waals surface area contributed by atoms with E-state index in [-0.39, 0.29) is 0 Å². The molecule has 1 unspecified atom stereocenters. The molecule has 1 aliphatic heterocycles. The van der Waals surface area contributed by atoms with Crippen LogP contribution in [0.5, 0.6) is 11.5 Å². The van der Waals surface area contributed by atoms with Gasteiger partial charge in [0.15, 0.2) is 17.3 Å². The zero-order valence-electron chi connectivity index (χ0n) is 11.7. The first-order chi connectivity index (χ1) is 10.9. The van der Waals surface area contributed by atoms with Crippen molar-refractivity contribution in [1.82, 2.24) is 0 Å². The highest BCUT2D eigenvalue weighted by Crippen LogP contribution is 2.45. The highest BCUT2D eigenvalue weighted by molar-refractivity contribution is 5.91. The minimum absolute atomic E-state index is 0.534. The quantitative estimate of drug-likeness (QED) is 0.491. The fourth-order valence-electron chi connectivity index (χ4n) is 2.92. The summed E-state index contributed by atoms with van der Waals surface area (Å²) in [6, 6.07) is 22.0. The van der Waals surface area contributed by atoms with E-state index in [1.54, 1.807) is 0 Å². The average Bonchev–Trinajstić information content (AvgIpc) is 3.18. The van der Waals surface area contributed by atoms with E-state index in [1.807, 2.05) is 60.7 Å². The molecule has 3 heteroatoms. The van der Waals surface area contributed by atoms with Crippen LogP contribution in [0.1, 0.15) is 12.1 Å². The molecular formula is C19H12O3. The number of hydrogen-bond acceptors (Lipinski definition) is 3. The van der Waals surface area contributed by atoms with Gasteiger partial charge in [-0.1, -0.05) is 48.5 Å². The van der Waals surface area contributed by atoms with Crippen molar-refractivity contribution in [3.8, 4) is 11.5 Å². The van der Waals surface area contributed by atoms with Gasteiger partial charge in [-0.25, -0.2) is 0 Å². The lowest BCUT2D eigenvalue weighted by molar-refractivity contribution is 0.0307. The van der Waals surface area contributed by atoms with Gasteiger partial charge in [0.2, 0.25) is 0 Å². The molecule has 1 aromatic heterocycles. The summed E-state index contributed by atoms with van der Waals surface area (Å²) in [4.78, 5) is 0. The molecule has 0 aliphatic carbocycles. The monoisotopic (exact) mass is 288 g/mol. The lowest BCUT2D eigenvalue weighted by atomic mass is 10.1. The van der Waals surface area contributed by atoms with Gasteiger partial charge < -0.3 is 13.9 Å². The Bertz CT molecular complexity index is 967. The van der Waals surface area contributed by atoms with Crippen LogP contribution in [0.3, 0.4) is 0 Å². The highest BCUT2D eigenvalue weighted by atomic mass is 16.7. The third-order valence-electron chi connectivity index (χ3n) is 3.98. The molecular weight excluding hydrogens is 276 g/mol. The Morgan fingerprint density at radius 1 is 0.727 bits per heavy atom. The molecule has 22 heavy (non-hydrogen) atoms. The third-order valence-corrected chi connectivity index (χ3v) is 3.98. The fourth-order valence-corrected chi connectivity index (χ4v) is 2.92. The first-order valence-electron chi connectivity index (χ1n) is 7.22. The molecule has 106 valence electrons. The summed E-state index contributed by atoms with van der Waals surface area (Å²) in [7, 11) is 0. The molecule has 1 aliphatic rings. The van der Waals surface area contributed by atoms with E-state index in [4.69, 9.17) is 13.9 Å². The van der Waals surface area contributed by atoms with Crippen LogP contribution in [0.25, 0.3) is 21.7 Å². The molecule has 3 aromatic carbocycles. The van der Waals surface area contributed by atoms with Gasteiger partial charge >= 0.3 is 6.29 Å². The Morgan fingerprint density at radius 3 is 2.45 bits per heavy atom. The molecule has 4 aromatic rings. The molecule has 0 amide bonds. The maximum Gasteiger partial charge on any atom is 0.300 e. The van der Waals surface area contributed by atoms with Crippen molar-refractivity contribution in [2.75, 3.05) is 0 Å². The molecule has 1 atom stereocenters. The molecule has 0 radical (unpaired) electrons. The highest BCUT2D eigenvalue weighted by Gasteiger charge is 2.30. The van der Waals surface area contributed by atoms with Gasteiger partial charge in [-0.3, -0.25) is 0 Å². The van der Waals surface area contributed by atoms with E-state index in [0.29, 0.717) is 5.76 Å². The number of fused-ring (bicyclic) bond motifs is 4. The van der Waals surface area contributed by atoms with Gasteiger partial charge in [-0.2, -0.15) is 0 Å². The van der Waals surface area contributed by atoms with Crippen LogP contribution in [0.15, 0.2) is 71.1 Å². The molecule has 2 heterocycles. The van der Waals surface area contributed by atoms with Crippen LogP contribution in [0, 0.1) is 0 Å². The molecule has 0 bridgehead atoms. The van der Waals surface area contributed by atoms with Crippen LogP contribution in [-0.2, 0) is 0 Å². The van der Waals surface area contributed by atoms with Crippen LogP contribution in [0.2, 0.25) is 0 Å². The second-order valence-electron chi connectivity index (χ2n) is 5.37. The number of hydrogen-bond donors (Lipinski definition) is 0. The molecule has 0 N–H and O–H groups in total. The average molecular weight is 288 g/mol. The Balaban J connectivity index is 1.60. The Kier molecular flexibility index (Phi) is 2.27. The molecule has 5 rings (SSSR count). The van der Waals surface area contributed by atoms with E-state index in [0.717, 1.165) is 33.2 Å². The van der Waals surface area contributed by atoms with Crippen molar-refractivity contribution in [2.24, 2.45) is 0 Å². The first kappa shape index (κ1) is 11.7. The smallest absolute Gasteiger partial charge is 0.300 e. The molecule has 3 nitrogen and oxygen atoms in total. The fraction of sp³-hybridized carbons (Fsp3) is 0.0526. The maximum atomic E-state index is 6.02. The van der Waals surface area contributed by atoms with E-state index < -0.39 is 6.29 Å². The minimum atomic E-state index is -0.534. The predicted octanol–water partition coefficient (Wildman–Crippen LogP) is 5.06. The topological polar surface area (TPSA) is 31.6 Å². The van der Waals surface area contributed by atoms with Crippen molar-refractivity contribution >= 4 is 21.7 Å². The number of ether oxygens (including phenoxy) is 2. The zero-order valence-corrected chi connectivity index (χ0v) is 11.7. The summed E-state index contributed by atoms with van der Waals surface area (Å²) in [5, 5.41) is 3.24. The van der Waals surface area contributed by atoms with Crippen LogP contribution in [0.4, 0.5) is 0 Å². The largest absolute Gasteiger partial charge is 0.453 e. The normalized spacial score (nSPS) is 16.5.